The number of anilines is 1. The Balaban J connectivity index is 1.28. The maximum atomic E-state index is 14.3. The normalized spacial score (nSPS) is 16.7. The van der Waals surface area contributed by atoms with E-state index in [9.17, 15) is 22.8 Å². The Hall–Kier alpha value is -4.67. The predicted molar refractivity (Wildman–Crippen MR) is 135 cm³/mol. The van der Waals surface area contributed by atoms with E-state index in [1.54, 1.807) is 24.3 Å². The summed E-state index contributed by atoms with van der Waals surface area (Å²) in [5.41, 5.74) is 0.811. The average Bonchev–Trinajstić information content (AvgIpc) is 3.58. The highest BCUT2D eigenvalue weighted by atomic mass is 19.1. The molecule has 4 aromatic rings. The first-order valence-corrected chi connectivity index (χ1v) is 12.2. The van der Waals surface area contributed by atoms with Crippen LogP contribution in [0, 0.1) is 23.4 Å². The molecule has 5 rings (SSSR count). The van der Waals surface area contributed by atoms with E-state index in [0.717, 1.165) is 6.07 Å². The molecule has 0 unspecified atom stereocenters. The van der Waals surface area contributed by atoms with Crippen molar-refractivity contribution < 1.29 is 27.5 Å². The molecule has 1 fully saturated rings. The second-order valence-electron chi connectivity index (χ2n) is 9.27. The van der Waals surface area contributed by atoms with Gasteiger partial charge >= 0.3 is 0 Å². The molecule has 0 bridgehead atoms. The zero-order valence-electron chi connectivity index (χ0n) is 20.6. The summed E-state index contributed by atoms with van der Waals surface area (Å²) >= 11 is 0. The highest BCUT2D eigenvalue weighted by Gasteiger charge is 2.39. The van der Waals surface area contributed by atoms with Crippen LogP contribution in [0.3, 0.4) is 0 Å². The monoisotopic (exact) mass is 535 g/mol. The number of hydrogen-bond acceptors (Lipinski definition) is 5. The number of benzene rings is 3. The summed E-state index contributed by atoms with van der Waals surface area (Å²) < 4.78 is 47.8. The minimum Gasteiger partial charge on any atom is -0.457 e. The molecule has 2 atom stereocenters. The molecule has 1 aliphatic rings. The van der Waals surface area contributed by atoms with Gasteiger partial charge in [-0.05, 0) is 78.9 Å². The van der Waals surface area contributed by atoms with Crippen molar-refractivity contribution in [2.24, 2.45) is 5.92 Å². The van der Waals surface area contributed by atoms with Crippen molar-refractivity contribution in [3.63, 3.8) is 0 Å². The van der Waals surface area contributed by atoms with Crippen molar-refractivity contribution in [3.05, 3.63) is 102 Å². The van der Waals surface area contributed by atoms with E-state index in [1.165, 1.54) is 58.6 Å². The number of nitrogens with one attached hydrogen (secondary N) is 1. The van der Waals surface area contributed by atoms with E-state index in [0.29, 0.717) is 29.2 Å². The van der Waals surface area contributed by atoms with E-state index in [2.05, 4.69) is 15.4 Å². The minimum absolute atomic E-state index is 0.100. The first kappa shape index (κ1) is 26.0. The van der Waals surface area contributed by atoms with E-state index >= 15 is 0 Å². The number of ether oxygens (including phenoxy) is 1. The van der Waals surface area contributed by atoms with Crippen molar-refractivity contribution in [2.45, 2.75) is 25.4 Å². The van der Waals surface area contributed by atoms with Crippen LogP contribution < -0.4 is 10.1 Å². The van der Waals surface area contributed by atoms with Gasteiger partial charge in [-0.15, -0.1) is 0 Å². The topological polar surface area (TPSA) is 89.4 Å². The van der Waals surface area contributed by atoms with Gasteiger partial charge in [0.1, 0.15) is 54.2 Å². The number of carbonyl (C=O) groups excluding carboxylic acids is 2. The second-order valence-corrected chi connectivity index (χ2v) is 9.27. The van der Waals surface area contributed by atoms with Crippen molar-refractivity contribution in [3.8, 4) is 11.5 Å². The van der Waals surface area contributed by atoms with E-state index in [1.807, 2.05) is 0 Å². The van der Waals surface area contributed by atoms with Crippen LogP contribution in [-0.2, 0) is 22.6 Å². The molecular weight excluding hydrogens is 511 g/mol. The van der Waals surface area contributed by atoms with Gasteiger partial charge in [0.2, 0.25) is 11.8 Å². The summed E-state index contributed by atoms with van der Waals surface area (Å²) in [6, 6.07) is 14.8. The minimum atomic E-state index is -0.801. The zero-order chi connectivity index (χ0) is 27.4. The van der Waals surface area contributed by atoms with Gasteiger partial charge in [0.15, 0.2) is 0 Å². The van der Waals surface area contributed by atoms with Crippen LogP contribution in [0.4, 0.5) is 18.9 Å². The third-order valence-electron chi connectivity index (χ3n) is 6.47. The lowest BCUT2D eigenvalue weighted by molar-refractivity contribution is -0.137. The molecule has 1 N–H and O–H groups in total. The molecule has 8 nitrogen and oxygen atoms in total. The van der Waals surface area contributed by atoms with Crippen molar-refractivity contribution in [1.82, 2.24) is 19.7 Å². The smallest absolute Gasteiger partial charge is 0.247 e. The number of amides is 2. The van der Waals surface area contributed by atoms with Crippen LogP contribution in [0.25, 0.3) is 0 Å². The fourth-order valence-electron chi connectivity index (χ4n) is 4.61. The largest absolute Gasteiger partial charge is 0.457 e. The lowest BCUT2D eigenvalue weighted by atomic mass is 9.96. The second kappa shape index (κ2) is 11.4. The Bertz CT molecular complexity index is 1450. The van der Waals surface area contributed by atoms with Gasteiger partial charge in [-0.25, -0.2) is 22.8 Å². The first-order valence-electron chi connectivity index (χ1n) is 12.2. The van der Waals surface area contributed by atoms with Crippen molar-refractivity contribution in [2.75, 3.05) is 11.9 Å². The van der Waals surface area contributed by atoms with E-state index in [-0.39, 0.29) is 37.2 Å². The molecule has 0 radical (unpaired) electrons. The molecule has 2 heterocycles. The summed E-state index contributed by atoms with van der Waals surface area (Å²) in [6.45, 7) is 0.129. The van der Waals surface area contributed by atoms with Crippen LogP contribution in [-0.4, -0.2) is 44.1 Å². The van der Waals surface area contributed by atoms with Crippen molar-refractivity contribution in [1.29, 1.82) is 0 Å². The molecule has 39 heavy (non-hydrogen) atoms. The van der Waals surface area contributed by atoms with E-state index < -0.39 is 23.6 Å². The molecule has 1 aromatic heterocycles. The maximum absolute atomic E-state index is 14.3. The Labute approximate surface area is 222 Å². The molecule has 0 aliphatic carbocycles. The molecule has 11 heteroatoms. The van der Waals surface area contributed by atoms with Gasteiger partial charge < -0.3 is 15.0 Å². The van der Waals surface area contributed by atoms with Crippen LogP contribution in [0.1, 0.15) is 12.0 Å². The molecular formula is C28H24F3N5O3. The molecule has 0 spiro atoms. The lowest BCUT2D eigenvalue weighted by Gasteiger charge is -2.24. The summed E-state index contributed by atoms with van der Waals surface area (Å²) in [4.78, 5) is 31.7. The third-order valence-corrected chi connectivity index (χ3v) is 6.47. The van der Waals surface area contributed by atoms with Gasteiger partial charge in [-0.2, -0.15) is 5.10 Å². The third kappa shape index (κ3) is 6.43. The summed E-state index contributed by atoms with van der Waals surface area (Å²) in [5, 5.41) is 6.79. The highest BCUT2D eigenvalue weighted by Crippen LogP contribution is 2.29. The summed E-state index contributed by atoms with van der Waals surface area (Å²) in [6.07, 6.45) is 3.27. The Morgan fingerprint density at radius 2 is 1.64 bits per heavy atom. The van der Waals surface area contributed by atoms with Crippen LogP contribution >= 0.6 is 0 Å². The predicted octanol–water partition coefficient (Wildman–Crippen LogP) is 4.59. The Morgan fingerprint density at radius 1 is 0.949 bits per heavy atom. The lowest BCUT2D eigenvalue weighted by Crippen LogP contribution is -2.44. The fourth-order valence-corrected chi connectivity index (χ4v) is 4.61. The molecule has 0 saturated carbocycles. The van der Waals surface area contributed by atoms with Crippen LogP contribution in [0.5, 0.6) is 11.5 Å². The molecule has 1 saturated heterocycles. The number of likely N-dealkylation sites (tertiary alicyclic amines) is 1. The molecule has 3 aromatic carbocycles. The number of nitrogens with zero attached hydrogens (tertiary/aromatic N) is 4. The summed E-state index contributed by atoms with van der Waals surface area (Å²) in [7, 11) is 0. The quantitative estimate of drug-likeness (QED) is 0.357. The van der Waals surface area contributed by atoms with Gasteiger partial charge in [0.25, 0.3) is 0 Å². The maximum Gasteiger partial charge on any atom is 0.247 e. The molecule has 200 valence electrons. The van der Waals surface area contributed by atoms with Gasteiger partial charge in [0.05, 0.1) is 0 Å². The number of carbonyl (C=O) groups is 2. The number of halogens is 3. The Morgan fingerprint density at radius 3 is 2.31 bits per heavy atom. The van der Waals surface area contributed by atoms with Gasteiger partial charge in [-0.1, -0.05) is 6.07 Å². The fraction of sp³-hybridized carbons (Fsp3) is 0.214. The number of rotatable bonds is 8. The van der Waals surface area contributed by atoms with Crippen LogP contribution in [0.2, 0.25) is 0 Å². The van der Waals surface area contributed by atoms with Crippen LogP contribution in [0.15, 0.2) is 79.4 Å². The SMILES string of the molecule is O=C(Nc1ccc(Oc2ccc(F)cc2)cc1)[C@@H]1C[C@@H](Cc2ccc(F)cc2F)CN1C(=O)Cn1cncn1. The number of hydrogen-bond donors (Lipinski definition) is 1. The van der Waals surface area contributed by atoms with Crippen molar-refractivity contribution >= 4 is 17.5 Å². The van der Waals surface area contributed by atoms with E-state index in [4.69, 9.17) is 4.74 Å². The first-order chi connectivity index (χ1) is 18.8. The Kier molecular flexibility index (Phi) is 7.57. The zero-order valence-corrected chi connectivity index (χ0v) is 20.6. The standard InChI is InChI=1S/C28H24F3N5O3/c29-20-3-7-23(8-4-20)39-24-9-5-22(6-10-24)34-28(38)26-12-18(11-19-1-2-21(30)13-25(19)31)14-36(26)27(37)15-35-17-32-16-33-35/h1-10,13,16-18,26H,11-12,14-15H2,(H,34,38)/t18-,26+/m1/s1. The highest BCUT2D eigenvalue weighted by molar-refractivity contribution is 5.97. The average molecular weight is 536 g/mol. The molecule has 2 amide bonds. The molecule has 1 aliphatic heterocycles. The summed E-state index contributed by atoms with van der Waals surface area (Å²) in [5.74, 6) is -1.68. The van der Waals surface area contributed by atoms with Gasteiger partial charge in [0, 0.05) is 18.3 Å². The van der Waals surface area contributed by atoms with Gasteiger partial charge in [-0.3, -0.25) is 9.59 Å². The number of aromatic nitrogens is 3.